The summed E-state index contributed by atoms with van der Waals surface area (Å²) in [4.78, 5) is 1.89. The molecule has 4 aromatic carbocycles. The Labute approximate surface area is 206 Å². The molecule has 0 aliphatic carbocycles. The monoisotopic (exact) mass is 469 g/mol. The van der Waals surface area contributed by atoms with Crippen molar-refractivity contribution < 1.29 is 20.1 Å². The summed E-state index contributed by atoms with van der Waals surface area (Å²) < 4.78 is 6.05. The second-order valence-corrected chi connectivity index (χ2v) is 9.08. The molecule has 0 saturated heterocycles. The van der Waals surface area contributed by atoms with Gasteiger partial charge in [0, 0.05) is 11.3 Å². The summed E-state index contributed by atoms with van der Waals surface area (Å²) in [5, 5.41) is 32.4. The number of anilines is 3. The van der Waals surface area contributed by atoms with Crippen LogP contribution in [0.1, 0.15) is 33.4 Å². The van der Waals surface area contributed by atoms with Crippen LogP contribution in [0.15, 0.2) is 60.7 Å². The number of phenolic OH excluding ortho intramolecular Hbond substituents is 3. The van der Waals surface area contributed by atoms with E-state index < -0.39 is 0 Å². The summed E-state index contributed by atoms with van der Waals surface area (Å²) in [6.07, 6.45) is 0. The second-order valence-electron chi connectivity index (χ2n) is 9.08. The molecule has 0 amide bonds. The molecule has 0 aliphatic rings. The minimum absolute atomic E-state index is 0.163. The zero-order valence-corrected chi connectivity index (χ0v) is 21.0. The Hall–Kier alpha value is -4.12. The van der Waals surface area contributed by atoms with Crippen LogP contribution in [-0.2, 0) is 0 Å². The molecule has 35 heavy (non-hydrogen) atoms. The second kappa shape index (κ2) is 9.26. The first-order chi connectivity index (χ1) is 16.6. The van der Waals surface area contributed by atoms with E-state index >= 15 is 0 Å². The molecule has 0 bridgehead atoms. The van der Waals surface area contributed by atoms with E-state index in [2.05, 4.69) is 0 Å². The SMILES string of the molecule is Cc1ccc(Oc2ccc(N(c3c(C)ccc(C)c3O)c3c(C)ccc(C)c3O)cc2)c(C)c1O. The number of hydrogen-bond acceptors (Lipinski definition) is 5. The number of ether oxygens (including phenoxy) is 1. The van der Waals surface area contributed by atoms with E-state index in [4.69, 9.17) is 4.74 Å². The Kier molecular flexibility index (Phi) is 6.35. The smallest absolute Gasteiger partial charge is 0.142 e. The number of rotatable bonds is 5. The van der Waals surface area contributed by atoms with Gasteiger partial charge in [-0.25, -0.2) is 0 Å². The highest BCUT2D eigenvalue weighted by atomic mass is 16.5. The molecule has 5 nitrogen and oxygen atoms in total. The summed E-state index contributed by atoms with van der Waals surface area (Å²) in [7, 11) is 0. The maximum atomic E-state index is 11.1. The van der Waals surface area contributed by atoms with Gasteiger partial charge in [0.2, 0.25) is 0 Å². The predicted molar refractivity (Wildman–Crippen MR) is 141 cm³/mol. The van der Waals surface area contributed by atoms with Crippen molar-refractivity contribution in [3.05, 3.63) is 94.0 Å². The number of aromatic hydroxyl groups is 3. The third-order valence-electron chi connectivity index (χ3n) is 6.46. The standard InChI is InChI=1S/C30H31NO4/c1-17-7-9-20(4)29(33)26(17)31(27-18(2)8-10-21(5)30(27)34)23-12-14-24(15-13-23)35-25-16-11-19(3)28(32)22(25)6/h7-16,32-34H,1-6H3. The molecule has 0 fully saturated rings. The third kappa shape index (κ3) is 4.37. The Morgan fingerprint density at radius 1 is 0.514 bits per heavy atom. The predicted octanol–water partition coefficient (Wildman–Crippen LogP) is 7.92. The van der Waals surface area contributed by atoms with Gasteiger partial charge in [-0.05, 0) is 99.7 Å². The highest BCUT2D eigenvalue weighted by molar-refractivity contribution is 5.87. The van der Waals surface area contributed by atoms with Crippen molar-refractivity contribution in [2.75, 3.05) is 4.90 Å². The average molecular weight is 470 g/mol. The van der Waals surface area contributed by atoms with Gasteiger partial charge in [0.25, 0.3) is 0 Å². The van der Waals surface area contributed by atoms with E-state index in [1.165, 1.54) is 0 Å². The molecule has 0 atom stereocenters. The quantitative estimate of drug-likeness (QED) is 0.277. The van der Waals surface area contributed by atoms with Crippen molar-refractivity contribution in [2.45, 2.75) is 41.5 Å². The van der Waals surface area contributed by atoms with Crippen molar-refractivity contribution in [1.29, 1.82) is 0 Å². The van der Waals surface area contributed by atoms with Crippen LogP contribution in [-0.4, -0.2) is 15.3 Å². The topological polar surface area (TPSA) is 73.2 Å². The van der Waals surface area contributed by atoms with E-state index in [9.17, 15) is 15.3 Å². The molecule has 4 rings (SSSR count). The molecular weight excluding hydrogens is 438 g/mol. The normalized spacial score (nSPS) is 10.9. The van der Waals surface area contributed by atoms with E-state index in [1.54, 1.807) is 0 Å². The van der Waals surface area contributed by atoms with Gasteiger partial charge in [-0.15, -0.1) is 0 Å². The first-order valence-corrected chi connectivity index (χ1v) is 11.6. The number of aryl methyl sites for hydroxylation is 5. The van der Waals surface area contributed by atoms with Crippen molar-refractivity contribution in [2.24, 2.45) is 0 Å². The maximum Gasteiger partial charge on any atom is 0.142 e. The molecule has 0 saturated carbocycles. The van der Waals surface area contributed by atoms with Crippen LogP contribution < -0.4 is 9.64 Å². The first-order valence-electron chi connectivity index (χ1n) is 11.6. The Bertz CT molecular complexity index is 1350. The van der Waals surface area contributed by atoms with Gasteiger partial charge >= 0.3 is 0 Å². The Morgan fingerprint density at radius 3 is 1.46 bits per heavy atom. The van der Waals surface area contributed by atoms with Gasteiger partial charge < -0.3 is 25.0 Å². The van der Waals surface area contributed by atoms with Gasteiger partial charge in [0.1, 0.15) is 28.7 Å². The molecular formula is C30H31NO4. The largest absolute Gasteiger partial charge is 0.507 e. The van der Waals surface area contributed by atoms with Crippen LogP contribution in [0, 0.1) is 41.5 Å². The van der Waals surface area contributed by atoms with Crippen molar-refractivity contribution in [3.8, 4) is 28.7 Å². The minimum atomic E-state index is 0.163. The zero-order chi connectivity index (χ0) is 25.4. The highest BCUT2D eigenvalue weighted by Gasteiger charge is 2.24. The summed E-state index contributed by atoms with van der Waals surface area (Å²) in [6.45, 7) is 11.3. The fourth-order valence-electron chi connectivity index (χ4n) is 4.22. The van der Waals surface area contributed by atoms with Crippen molar-refractivity contribution >= 4 is 17.1 Å². The van der Waals surface area contributed by atoms with Crippen LogP contribution in [0.2, 0.25) is 0 Å². The fraction of sp³-hybridized carbons (Fsp3) is 0.200. The van der Waals surface area contributed by atoms with Crippen LogP contribution >= 0.6 is 0 Å². The van der Waals surface area contributed by atoms with Crippen LogP contribution in [0.4, 0.5) is 17.1 Å². The summed E-state index contributed by atoms with van der Waals surface area (Å²) >= 11 is 0. The molecule has 0 heterocycles. The van der Waals surface area contributed by atoms with Crippen LogP contribution in [0.25, 0.3) is 0 Å². The molecule has 0 spiro atoms. The number of nitrogens with zero attached hydrogens (tertiary/aromatic N) is 1. The number of phenols is 3. The number of benzene rings is 4. The summed E-state index contributed by atoms with van der Waals surface area (Å²) in [6, 6.07) is 18.8. The average Bonchev–Trinajstić information content (AvgIpc) is 2.84. The lowest BCUT2D eigenvalue weighted by molar-refractivity contribution is 0.445. The third-order valence-corrected chi connectivity index (χ3v) is 6.46. The fourth-order valence-corrected chi connectivity index (χ4v) is 4.22. The van der Waals surface area contributed by atoms with E-state index in [1.807, 2.05) is 107 Å². The first kappa shape index (κ1) is 24.0. The van der Waals surface area contributed by atoms with Crippen LogP contribution in [0.5, 0.6) is 28.7 Å². The lowest BCUT2D eigenvalue weighted by atomic mass is 10.0. The number of hydrogen-bond donors (Lipinski definition) is 3. The summed E-state index contributed by atoms with van der Waals surface area (Å²) in [5.74, 6) is 1.74. The van der Waals surface area contributed by atoms with E-state index in [0.29, 0.717) is 28.4 Å². The Morgan fingerprint density at radius 2 is 0.943 bits per heavy atom. The molecule has 0 aromatic heterocycles. The van der Waals surface area contributed by atoms with Crippen molar-refractivity contribution in [1.82, 2.24) is 0 Å². The van der Waals surface area contributed by atoms with E-state index in [0.717, 1.165) is 33.5 Å². The van der Waals surface area contributed by atoms with Gasteiger partial charge in [0.15, 0.2) is 0 Å². The van der Waals surface area contributed by atoms with Gasteiger partial charge in [-0.1, -0.05) is 30.3 Å². The van der Waals surface area contributed by atoms with Crippen molar-refractivity contribution in [3.63, 3.8) is 0 Å². The molecule has 180 valence electrons. The lowest BCUT2D eigenvalue weighted by Crippen LogP contribution is -2.14. The molecule has 0 aliphatic heterocycles. The zero-order valence-electron chi connectivity index (χ0n) is 21.0. The highest BCUT2D eigenvalue weighted by Crippen LogP contribution is 2.48. The van der Waals surface area contributed by atoms with Gasteiger partial charge in [-0.2, -0.15) is 0 Å². The molecule has 5 heteroatoms. The lowest BCUT2D eigenvalue weighted by Gasteiger charge is -2.30. The molecule has 4 aromatic rings. The van der Waals surface area contributed by atoms with Crippen LogP contribution in [0.3, 0.4) is 0 Å². The summed E-state index contributed by atoms with van der Waals surface area (Å²) in [5.41, 5.74) is 6.69. The van der Waals surface area contributed by atoms with Gasteiger partial charge in [0.05, 0.1) is 11.4 Å². The molecule has 3 N–H and O–H groups in total. The Balaban J connectivity index is 1.84. The maximum absolute atomic E-state index is 11.1. The molecule has 0 unspecified atom stereocenters. The minimum Gasteiger partial charge on any atom is -0.507 e. The van der Waals surface area contributed by atoms with Gasteiger partial charge in [-0.3, -0.25) is 0 Å². The molecule has 0 radical (unpaired) electrons. The van der Waals surface area contributed by atoms with E-state index in [-0.39, 0.29) is 17.2 Å².